The van der Waals surface area contributed by atoms with Gasteiger partial charge < -0.3 is 0 Å². The van der Waals surface area contributed by atoms with E-state index >= 15 is 0 Å². The summed E-state index contributed by atoms with van der Waals surface area (Å²) in [7, 11) is 0. The van der Waals surface area contributed by atoms with Gasteiger partial charge in [0.15, 0.2) is 0 Å². The van der Waals surface area contributed by atoms with E-state index in [0.29, 0.717) is 0 Å². The Bertz CT molecular complexity index is 20.9. The van der Waals surface area contributed by atoms with Crippen molar-refractivity contribution in [3.63, 3.8) is 0 Å². The maximum atomic E-state index is 10.4. The van der Waals surface area contributed by atoms with Crippen molar-refractivity contribution in [3.05, 3.63) is 19.3 Å². The maximum absolute atomic E-state index is 10.4. The Kier molecular flexibility index (Phi) is 16.4. The van der Waals surface area contributed by atoms with Crippen molar-refractivity contribution in [1.82, 2.24) is 0 Å². The van der Waals surface area contributed by atoms with Crippen LogP contribution in [0.1, 0.15) is 0 Å². The maximum Gasteiger partial charge on any atom is 0.210 e. The molecule has 0 atom stereocenters. The van der Waals surface area contributed by atoms with Crippen molar-refractivity contribution in [1.29, 1.82) is 0 Å². The van der Waals surface area contributed by atoms with E-state index in [9.17, 15) is 4.39 Å². The van der Waals surface area contributed by atoms with Crippen LogP contribution in [0, 0.1) is 6.67 Å². The molecule has 0 rings (SSSR count). The van der Waals surface area contributed by atoms with Gasteiger partial charge in [0.1, 0.15) is 0 Å². The van der Waals surface area contributed by atoms with Gasteiger partial charge in [-0.2, -0.15) is 0 Å². The monoisotopic (exact) mass is 69.0 g/mol. The van der Waals surface area contributed by atoms with Crippen LogP contribution in [0.15, 0.2) is 12.7 Å². The minimum Gasteiger partial charge on any atom is -0.231 e. The molecule has 0 aliphatic rings. The van der Waals surface area contributed by atoms with Crippen molar-refractivity contribution in [3.8, 4) is 0 Å². The number of halogens is 1. The first-order valence-corrected chi connectivity index (χ1v) is 0.886. The summed E-state index contributed by atoms with van der Waals surface area (Å²) < 4.78 is 10.4. The lowest BCUT2D eigenvalue weighted by atomic mass is 10.7. The molecular weight excluding hydrogens is 65.8 g/mol. The fraction of sp³-hybridized carbons (Fsp3) is 0. The number of hydrogen-bond acceptors (Lipinski definition) is 0. The number of allylic oxidation sites excluding steroid dienone is 1. The van der Waals surface area contributed by atoms with E-state index in [1.54, 1.807) is 0 Å². The second-order valence-electron chi connectivity index (χ2n) is 0.313. The van der Waals surface area contributed by atoms with E-state index in [-0.39, 0.29) is 8.41 Å². The topological polar surface area (TPSA) is 0 Å². The molecular formula is C3H3BF. The van der Waals surface area contributed by atoms with Crippen LogP contribution in [0.3, 0.4) is 0 Å². The molecule has 0 amide bonds. The van der Waals surface area contributed by atoms with Gasteiger partial charge in [-0.1, -0.05) is 6.58 Å². The third-order valence-corrected chi connectivity index (χ3v) is 0.0772. The molecule has 0 spiro atoms. The zero-order chi connectivity index (χ0) is 3.41. The Labute approximate surface area is 33.3 Å². The highest BCUT2D eigenvalue weighted by atomic mass is 19.1. The van der Waals surface area contributed by atoms with E-state index in [1.807, 2.05) is 0 Å². The third kappa shape index (κ3) is 20.8. The first kappa shape index (κ1) is 8.83. The minimum atomic E-state index is 0. The molecule has 0 aromatic rings. The predicted molar refractivity (Wildman–Crippen MR) is 20.3 cm³/mol. The van der Waals surface area contributed by atoms with Crippen LogP contribution in [0.25, 0.3) is 0 Å². The molecule has 0 bridgehead atoms. The lowest BCUT2D eigenvalue weighted by molar-refractivity contribution is 0.657. The van der Waals surface area contributed by atoms with Crippen molar-refractivity contribution < 1.29 is 4.39 Å². The third-order valence-electron chi connectivity index (χ3n) is 0.0772. The lowest BCUT2D eigenvalue weighted by Gasteiger charge is -1.50. The van der Waals surface area contributed by atoms with Crippen LogP contribution in [-0.2, 0) is 0 Å². The summed E-state index contributed by atoms with van der Waals surface area (Å²) in [6, 6.07) is 0. The summed E-state index contributed by atoms with van der Waals surface area (Å²) in [6.45, 7) is 4.19. The van der Waals surface area contributed by atoms with E-state index in [1.165, 1.54) is 6.67 Å². The molecule has 2 heteroatoms. The molecule has 0 aromatic carbocycles. The Hall–Kier alpha value is -0.265. The zero-order valence-electron chi connectivity index (χ0n) is 2.74. The van der Waals surface area contributed by atoms with Crippen LogP contribution >= 0.6 is 0 Å². The summed E-state index contributed by atoms with van der Waals surface area (Å²) in [5, 5.41) is 0. The average Bonchev–Trinajstić information content (AvgIpc) is 1.37. The molecule has 0 N–H and O–H groups in total. The summed E-state index contributed by atoms with van der Waals surface area (Å²) in [6.07, 6.45) is 0.958. The van der Waals surface area contributed by atoms with E-state index in [2.05, 4.69) is 6.58 Å². The average molecular weight is 68.9 g/mol. The standard InChI is InChI=1S/C3H3F.B/c1-2-3-4;/h2H,1H2;. The fourth-order valence-electron chi connectivity index (χ4n) is 0. The first-order chi connectivity index (χ1) is 1.91. The van der Waals surface area contributed by atoms with Crippen molar-refractivity contribution in [2.24, 2.45) is 0 Å². The predicted octanol–water partition coefficient (Wildman–Crippen LogP) is 0.800. The van der Waals surface area contributed by atoms with E-state index in [4.69, 9.17) is 0 Å². The van der Waals surface area contributed by atoms with Crippen LogP contribution in [0.4, 0.5) is 4.39 Å². The Morgan fingerprint density at radius 2 is 2.00 bits per heavy atom. The highest BCUT2D eigenvalue weighted by Gasteiger charge is 1.55. The summed E-state index contributed by atoms with van der Waals surface area (Å²) >= 11 is 0. The molecule has 0 saturated carbocycles. The highest BCUT2D eigenvalue weighted by Crippen LogP contribution is 1.69. The van der Waals surface area contributed by atoms with E-state index in [0.717, 1.165) is 6.08 Å². The lowest BCUT2D eigenvalue weighted by Crippen LogP contribution is -1.34. The highest BCUT2D eigenvalue weighted by molar-refractivity contribution is 5.75. The van der Waals surface area contributed by atoms with Gasteiger partial charge in [0.25, 0.3) is 0 Å². The van der Waals surface area contributed by atoms with Crippen LogP contribution in [-0.4, -0.2) is 8.41 Å². The first-order valence-electron chi connectivity index (χ1n) is 0.886. The fourth-order valence-corrected chi connectivity index (χ4v) is 0. The number of rotatable bonds is 1. The van der Waals surface area contributed by atoms with Gasteiger partial charge in [0.2, 0.25) is 6.67 Å². The van der Waals surface area contributed by atoms with Gasteiger partial charge in [-0.05, 0) is 6.08 Å². The summed E-state index contributed by atoms with van der Waals surface area (Å²) in [5.41, 5.74) is 0. The quantitative estimate of drug-likeness (QED) is 0.399. The second-order valence-corrected chi connectivity index (χ2v) is 0.313. The van der Waals surface area contributed by atoms with Crippen LogP contribution in [0.2, 0.25) is 0 Å². The van der Waals surface area contributed by atoms with Gasteiger partial charge in [-0.25, -0.2) is 4.39 Å². The zero-order valence-corrected chi connectivity index (χ0v) is 2.74. The molecule has 0 nitrogen and oxygen atoms in total. The second kappa shape index (κ2) is 9.28. The number of hydrogen-bond donors (Lipinski definition) is 0. The smallest absolute Gasteiger partial charge is 0.210 e. The molecule has 0 heterocycles. The Morgan fingerprint density at radius 3 is 2.00 bits per heavy atom. The minimum absolute atomic E-state index is 0. The molecule has 25 valence electrons. The molecule has 5 heavy (non-hydrogen) atoms. The van der Waals surface area contributed by atoms with Gasteiger partial charge in [-0.3, -0.25) is 0 Å². The molecule has 5 radical (unpaired) electrons. The van der Waals surface area contributed by atoms with Crippen molar-refractivity contribution in [2.45, 2.75) is 0 Å². The normalized spacial score (nSPS) is 5.00. The Morgan fingerprint density at radius 1 is 1.80 bits per heavy atom. The van der Waals surface area contributed by atoms with Gasteiger partial charge in [0.05, 0.1) is 0 Å². The molecule has 0 unspecified atom stereocenters. The largest absolute Gasteiger partial charge is 0.231 e. The van der Waals surface area contributed by atoms with Crippen molar-refractivity contribution in [2.75, 3.05) is 0 Å². The van der Waals surface area contributed by atoms with Crippen molar-refractivity contribution >= 4 is 8.41 Å². The SMILES string of the molecule is C=C[C]F.[B]. The summed E-state index contributed by atoms with van der Waals surface area (Å²) in [4.78, 5) is 0. The molecule has 0 aliphatic carbocycles. The molecule has 0 saturated heterocycles. The molecule has 0 aromatic heterocycles. The van der Waals surface area contributed by atoms with E-state index < -0.39 is 0 Å². The molecule has 0 fully saturated rings. The Balaban J connectivity index is 0. The molecule has 0 aliphatic heterocycles. The van der Waals surface area contributed by atoms with Gasteiger partial charge in [0, 0.05) is 8.41 Å². The van der Waals surface area contributed by atoms with Crippen LogP contribution < -0.4 is 0 Å². The van der Waals surface area contributed by atoms with Gasteiger partial charge in [-0.15, -0.1) is 0 Å². The summed E-state index contributed by atoms with van der Waals surface area (Å²) in [5.74, 6) is 0. The van der Waals surface area contributed by atoms with Crippen LogP contribution in [0.5, 0.6) is 0 Å². The van der Waals surface area contributed by atoms with Gasteiger partial charge >= 0.3 is 0 Å².